The van der Waals surface area contributed by atoms with Crippen molar-refractivity contribution in [2.24, 2.45) is 5.92 Å². The second-order valence-corrected chi connectivity index (χ2v) is 7.14. The van der Waals surface area contributed by atoms with Crippen molar-refractivity contribution in [1.29, 1.82) is 0 Å². The fourth-order valence-electron chi connectivity index (χ4n) is 3.32. The minimum Gasteiger partial charge on any atom is -0.355 e. The van der Waals surface area contributed by atoms with Crippen molar-refractivity contribution >= 4 is 17.6 Å². The Balaban J connectivity index is 1.21. The number of amides is 2. The molecule has 4 rings (SSSR count). The van der Waals surface area contributed by atoms with Crippen LogP contribution in [-0.4, -0.2) is 48.0 Å². The zero-order chi connectivity index (χ0) is 20.8. The van der Waals surface area contributed by atoms with E-state index in [0.717, 1.165) is 17.1 Å². The fraction of sp³-hybridized carbons (Fsp3) is 0.217. The van der Waals surface area contributed by atoms with Crippen molar-refractivity contribution in [2.75, 3.05) is 31.1 Å². The molecule has 7 nitrogen and oxygen atoms in total. The molecule has 2 amide bonds. The van der Waals surface area contributed by atoms with Gasteiger partial charge < -0.3 is 15.5 Å². The lowest BCUT2D eigenvalue weighted by Gasteiger charge is -2.39. The van der Waals surface area contributed by atoms with Crippen molar-refractivity contribution in [2.45, 2.75) is 0 Å². The van der Waals surface area contributed by atoms with Crippen molar-refractivity contribution < 1.29 is 9.59 Å². The third kappa shape index (κ3) is 4.63. The molecule has 1 aromatic heterocycles. The molecule has 0 atom stereocenters. The van der Waals surface area contributed by atoms with Gasteiger partial charge in [-0.15, -0.1) is 0 Å². The maximum absolute atomic E-state index is 12.3. The van der Waals surface area contributed by atoms with Crippen molar-refractivity contribution in [3.63, 3.8) is 0 Å². The number of aromatic nitrogens is 2. The zero-order valence-electron chi connectivity index (χ0n) is 16.5. The predicted molar refractivity (Wildman–Crippen MR) is 115 cm³/mol. The van der Waals surface area contributed by atoms with E-state index in [1.807, 2.05) is 54.6 Å². The predicted octanol–water partition coefficient (Wildman–Crippen LogP) is 2.13. The summed E-state index contributed by atoms with van der Waals surface area (Å²) in [5.74, 6) is 0.600. The Hall–Kier alpha value is -3.74. The Morgan fingerprint density at radius 2 is 1.57 bits per heavy atom. The molecule has 3 aromatic rings. The molecule has 2 aromatic carbocycles. The summed E-state index contributed by atoms with van der Waals surface area (Å²) in [5, 5.41) is 5.69. The molecule has 0 unspecified atom stereocenters. The van der Waals surface area contributed by atoms with Crippen LogP contribution >= 0.6 is 0 Å². The Morgan fingerprint density at radius 1 is 0.900 bits per heavy atom. The molecule has 1 aliphatic rings. The highest BCUT2D eigenvalue weighted by Gasteiger charge is 2.33. The fourth-order valence-corrected chi connectivity index (χ4v) is 3.32. The first-order valence-electron chi connectivity index (χ1n) is 9.94. The molecule has 152 valence electrons. The van der Waals surface area contributed by atoms with Gasteiger partial charge in [-0.3, -0.25) is 9.59 Å². The van der Waals surface area contributed by atoms with Crippen LogP contribution in [0.1, 0.15) is 10.4 Å². The van der Waals surface area contributed by atoms with E-state index in [9.17, 15) is 9.59 Å². The lowest BCUT2D eigenvalue weighted by Crippen LogP contribution is -2.54. The van der Waals surface area contributed by atoms with Crippen molar-refractivity contribution in [3.05, 3.63) is 78.6 Å². The summed E-state index contributed by atoms with van der Waals surface area (Å²) in [4.78, 5) is 35.0. The van der Waals surface area contributed by atoms with Gasteiger partial charge in [0.25, 0.3) is 5.91 Å². The highest BCUT2D eigenvalue weighted by molar-refractivity contribution is 5.94. The quantitative estimate of drug-likeness (QED) is 0.592. The van der Waals surface area contributed by atoms with Gasteiger partial charge in [0, 0.05) is 43.4 Å². The number of anilines is 1. The maximum Gasteiger partial charge on any atom is 0.251 e. The normalized spacial score (nSPS) is 13.4. The molecule has 1 saturated heterocycles. The Morgan fingerprint density at radius 3 is 2.30 bits per heavy atom. The standard InChI is InChI=1S/C23H23N5O2/c29-22(18-9-5-2-6-10-18)24-11-12-25-23(30)19-14-28(15-19)21-13-20(26-16-27-21)17-7-3-1-4-8-17/h1-10,13,16,19H,11-12,14-15H2,(H,24,29)(H,25,30). The summed E-state index contributed by atoms with van der Waals surface area (Å²) in [6.45, 7) is 2.03. The molecule has 0 bridgehead atoms. The lowest BCUT2D eigenvalue weighted by atomic mass is 9.99. The van der Waals surface area contributed by atoms with Gasteiger partial charge in [-0.25, -0.2) is 9.97 Å². The molecular weight excluding hydrogens is 378 g/mol. The maximum atomic E-state index is 12.3. The molecule has 0 spiro atoms. The van der Waals surface area contributed by atoms with E-state index in [0.29, 0.717) is 31.7 Å². The van der Waals surface area contributed by atoms with Gasteiger partial charge in [0.15, 0.2) is 0 Å². The molecule has 0 saturated carbocycles. The van der Waals surface area contributed by atoms with Crippen LogP contribution in [0.2, 0.25) is 0 Å². The van der Waals surface area contributed by atoms with Gasteiger partial charge in [-0.2, -0.15) is 0 Å². The molecule has 30 heavy (non-hydrogen) atoms. The van der Waals surface area contributed by atoms with Crippen LogP contribution in [0.15, 0.2) is 73.1 Å². The van der Waals surface area contributed by atoms with E-state index < -0.39 is 0 Å². The third-order valence-electron chi connectivity index (χ3n) is 5.04. The molecule has 7 heteroatoms. The summed E-state index contributed by atoms with van der Waals surface area (Å²) in [7, 11) is 0. The zero-order valence-corrected chi connectivity index (χ0v) is 16.5. The molecular formula is C23H23N5O2. The second kappa shape index (κ2) is 9.17. The number of rotatable bonds is 7. The molecule has 0 radical (unpaired) electrons. The van der Waals surface area contributed by atoms with E-state index in [2.05, 4.69) is 25.5 Å². The van der Waals surface area contributed by atoms with Crippen molar-refractivity contribution in [1.82, 2.24) is 20.6 Å². The van der Waals surface area contributed by atoms with E-state index in [4.69, 9.17) is 0 Å². The first-order valence-corrected chi connectivity index (χ1v) is 9.94. The van der Waals surface area contributed by atoms with Crippen LogP contribution in [0.25, 0.3) is 11.3 Å². The summed E-state index contributed by atoms with van der Waals surface area (Å²) >= 11 is 0. The van der Waals surface area contributed by atoms with Crippen molar-refractivity contribution in [3.8, 4) is 11.3 Å². The minimum atomic E-state index is -0.141. The molecule has 2 heterocycles. The van der Waals surface area contributed by atoms with Gasteiger partial charge in [-0.1, -0.05) is 48.5 Å². The highest BCUT2D eigenvalue weighted by Crippen LogP contribution is 2.26. The third-order valence-corrected chi connectivity index (χ3v) is 5.04. The Bertz CT molecular complexity index is 1000. The number of hydrogen-bond acceptors (Lipinski definition) is 5. The molecule has 1 fully saturated rings. The van der Waals surface area contributed by atoms with Gasteiger partial charge in [0.05, 0.1) is 11.6 Å². The van der Waals surface area contributed by atoms with Crippen LogP contribution in [-0.2, 0) is 4.79 Å². The SMILES string of the molecule is O=C(NCCNC(=O)C1CN(c2cc(-c3ccccc3)ncn2)C1)c1ccccc1. The average Bonchev–Trinajstić information content (AvgIpc) is 2.77. The monoisotopic (exact) mass is 401 g/mol. The van der Waals surface area contributed by atoms with Crippen LogP contribution in [0.4, 0.5) is 5.82 Å². The Labute approximate surface area is 175 Å². The van der Waals surface area contributed by atoms with E-state index >= 15 is 0 Å². The number of carbonyl (C=O) groups is 2. The summed E-state index contributed by atoms with van der Waals surface area (Å²) in [5.41, 5.74) is 2.51. The number of nitrogens with zero attached hydrogens (tertiary/aromatic N) is 3. The minimum absolute atomic E-state index is 0.00227. The Kier molecular flexibility index (Phi) is 5.98. The molecule has 0 aliphatic carbocycles. The topological polar surface area (TPSA) is 87.2 Å². The number of carbonyl (C=O) groups excluding carboxylic acids is 2. The second-order valence-electron chi connectivity index (χ2n) is 7.14. The van der Waals surface area contributed by atoms with E-state index in [1.54, 1.807) is 18.5 Å². The van der Waals surface area contributed by atoms with Crippen LogP contribution in [0.5, 0.6) is 0 Å². The van der Waals surface area contributed by atoms with Crippen LogP contribution < -0.4 is 15.5 Å². The summed E-state index contributed by atoms with van der Waals surface area (Å²) in [6, 6.07) is 20.9. The van der Waals surface area contributed by atoms with Gasteiger partial charge in [-0.05, 0) is 12.1 Å². The largest absolute Gasteiger partial charge is 0.355 e. The number of benzene rings is 2. The highest BCUT2D eigenvalue weighted by atomic mass is 16.2. The average molecular weight is 401 g/mol. The first kappa shape index (κ1) is 19.6. The lowest BCUT2D eigenvalue weighted by molar-refractivity contribution is -0.125. The molecule has 1 aliphatic heterocycles. The van der Waals surface area contributed by atoms with Crippen LogP contribution in [0, 0.1) is 5.92 Å². The smallest absolute Gasteiger partial charge is 0.251 e. The summed E-state index contributed by atoms with van der Waals surface area (Å²) < 4.78 is 0. The van der Waals surface area contributed by atoms with E-state index in [-0.39, 0.29) is 17.7 Å². The first-order chi connectivity index (χ1) is 14.7. The molecule has 2 N–H and O–H groups in total. The van der Waals surface area contributed by atoms with Gasteiger partial charge >= 0.3 is 0 Å². The van der Waals surface area contributed by atoms with E-state index in [1.165, 1.54) is 0 Å². The number of hydrogen-bond donors (Lipinski definition) is 2. The van der Waals surface area contributed by atoms with Gasteiger partial charge in [0.1, 0.15) is 12.1 Å². The van der Waals surface area contributed by atoms with Crippen LogP contribution in [0.3, 0.4) is 0 Å². The number of nitrogens with one attached hydrogen (secondary N) is 2. The summed E-state index contributed by atoms with van der Waals surface area (Å²) in [6.07, 6.45) is 1.56. The van der Waals surface area contributed by atoms with Gasteiger partial charge in [0.2, 0.25) is 5.91 Å².